The van der Waals surface area contributed by atoms with Crippen molar-refractivity contribution in [2.45, 2.75) is 18.9 Å². The maximum absolute atomic E-state index is 11.8. The van der Waals surface area contributed by atoms with Crippen molar-refractivity contribution >= 4 is 38.5 Å². The Balaban J connectivity index is 1.35. The zero-order valence-electron chi connectivity index (χ0n) is 19.5. The molecule has 0 N–H and O–H groups in total. The maximum atomic E-state index is 11.8. The Bertz CT molecular complexity index is 1610. The Morgan fingerprint density at radius 2 is 1.75 bits per heavy atom. The number of ether oxygens (including phenoxy) is 2. The van der Waals surface area contributed by atoms with Crippen LogP contribution in [0, 0.1) is 11.3 Å². The average Bonchev–Trinajstić information content (AvgIpc) is 3.68. The number of hydrogen-bond acceptors (Lipinski definition) is 7. The Kier molecular flexibility index (Phi) is 6.16. The second-order valence-electron chi connectivity index (χ2n) is 8.50. The van der Waals surface area contributed by atoms with E-state index in [1.165, 1.54) is 13.2 Å². The second-order valence-corrected chi connectivity index (χ2v) is 10.9. The molecule has 4 aromatic rings. The van der Waals surface area contributed by atoms with Crippen LogP contribution < -0.4 is 13.8 Å². The van der Waals surface area contributed by atoms with Gasteiger partial charge in [-0.1, -0.05) is 29.8 Å². The van der Waals surface area contributed by atoms with E-state index in [0.717, 1.165) is 34.5 Å². The molecule has 10 heteroatoms. The molecule has 0 spiro atoms. The predicted octanol–water partition coefficient (Wildman–Crippen LogP) is 5.55. The Hall–Kier alpha value is -3.87. The van der Waals surface area contributed by atoms with E-state index in [9.17, 15) is 13.7 Å². The lowest BCUT2D eigenvalue weighted by Gasteiger charge is -2.15. The highest BCUT2D eigenvalue weighted by Crippen LogP contribution is 2.38. The maximum Gasteiger partial charge on any atom is 0.233 e. The molecule has 1 fully saturated rings. The minimum absolute atomic E-state index is 0.130. The van der Waals surface area contributed by atoms with Gasteiger partial charge in [-0.15, -0.1) is 0 Å². The molecule has 1 heterocycles. The van der Waals surface area contributed by atoms with Gasteiger partial charge in [0, 0.05) is 19.2 Å². The first-order valence-corrected chi connectivity index (χ1v) is 13.3. The van der Waals surface area contributed by atoms with Crippen LogP contribution in [-0.4, -0.2) is 37.8 Å². The van der Waals surface area contributed by atoms with Crippen LogP contribution in [0.25, 0.3) is 22.2 Å². The summed E-state index contributed by atoms with van der Waals surface area (Å²) >= 11 is 6.35. The monoisotopic (exact) mass is 520 g/mol. The summed E-state index contributed by atoms with van der Waals surface area (Å²) in [5.41, 5.74) is 3.43. The molecule has 1 aromatic heterocycles. The lowest BCUT2D eigenvalue weighted by Crippen LogP contribution is -2.25. The van der Waals surface area contributed by atoms with E-state index in [1.807, 2.05) is 36.4 Å². The van der Waals surface area contributed by atoms with Crippen molar-refractivity contribution < 1.29 is 17.9 Å². The Morgan fingerprint density at radius 3 is 2.42 bits per heavy atom. The summed E-state index contributed by atoms with van der Waals surface area (Å²) in [7, 11) is -1.98. The highest BCUT2D eigenvalue weighted by Gasteiger charge is 2.26. The summed E-state index contributed by atoms with van der Waals surface area (Å²) in [5.74, 6) is 1.69. The van der Waals surface area contributed by atoms with E-state index in [0.29, 0.717) is 38.9 Å². The van der Waals surface area contributed by atoms with Gasteiger partial charge in [0.2, 0.25) is 10.0 Å². The molecule has 0 bridgehead atoms. The van der Waals surface area contributed by atoms with Gasteiger partial charge in [0.05, 0.1) is 40.2 Å². The molecule has 0 unspecified atom stereocenters. The van der Waals surface area contributed by atoms with Crippen molar-refractivity contribution in [3.05, 3.63) is 71.4 Å². The second kappa shape index (κ2) is 9.30. The number of halogens is 1. The number of nitrogens with zero attached hydrogens (tertiary/aromatic N) is 4. The third kappa shape index (κ3) is 5.05. The lowest BCUT2D eigenvalue weighted by atomic mass is 10.0. The van der Waals surface area contributed by atoms with Gasteiger partial charge in [0.1, 0.15) is 17.6 Å². The molecule has 1 aliphatic carbocycles. The van der Waals surface area contributed by atoms with E-state index < -0.39 is 10.0 Å². The van der Waals surface area contributed by atoms with E-state index in [4.69, 9.17) is 21.1 Å². The third-order valence-corrected chi connectivity index (χ3v) is 7.18. The number of rotatable bonds is 7. The van der Waals surface area contributed by atoms with Gasteiger partial charge >= 0.3 is 0 Å². The first kappa shape index (κ1) is 23.9. The van der Waals surface area contributed by atoms with Gasteiger partial charge in [-0.25, -0.2) is 13.4 Å². The van der Waals surface area contributed by atoms with Gasteiger partial charge in [-0.3, -0.25) is 9.29 Å². The van der Waals surface area contributed by atoms with Crippen molar-refractivity contribution in [2.75, 3.05) is 17.6 Å². The molecule has 1 saturated carbocycles. The third-order valence-electron chi connectivity index (χ3n) is 5.72. The van der Waals surface area contributed by atoms with E-state index >= 15 is 0 Å². The molecule has 0 radical (unpaired) electrons. The van der Waals surface area contributed by atoms with Crippen molar-refractivity contribution in [1.82, 2.24) is 9.97 Å². The van der Waals surface area contributed by atoms with E-state index in [-0.39, 0.29) is 11.9 Å². The number of benzene rings is 3. The minimum Gasteiger partial charge on any atom is -0.487 e. The fraction of sp³-hybridized carbons (Fsp3) is 0.192. The number of fused-ring (bicyclic) bond motifs is 1. The zero-order valence-corrected chi connectivity index (χ0v) is 21.0. The van der Waals surface area contributed by atoms with Crippen LogP contribution >= 0.6 is 11.6 Å². The van der Waals surface area contributed by atoms with Gasteiger partial charge in [0.25, 0.3) is 0 Å². The molecule has 8 nitrogen and oxygen atoms in total. The van der Waals surface area contributed by atoms with Crippen LogP contribution in [-0.2, 0) is 10.0 Å². The summed E-state index contributed by atoms with van der Waals surface area (Å²) in [6, 6.07) is 18.4. The number of hydrogen-bond donors (Lipinski definition) is 0. The highest BCUT2D eigenvalue weighted by molar-refractivity contribution is 7.92. The first-order chi connectivity index (χ1) is 17.2. The van der Waals surface area contributed by atoms with Gasteiger partial charge in [-0.05, 0) is 48.2 Å². The quantitative estimate of drug-likeness (QED) is 0.314. The summed E-state index contributed by atoms with van der Waals surface area (Å²) in [6.45, 7) is 0. The number of sulfonamides is 1. The molecule has 1 aliphatic rings. The van der Waals surface area contributed by atoms with Crippen LogP contribution in [0.1, 0.15) is 18.4 Å². The summed E-state index contributed by atoms with van der Waals surface area (Å²) in [5, 5.41) is 9.84. The fourth-order valence-electron chi connectivity index (χ4n) is 3.54. The first-order valence-electron chi connectivity index (χ1n) is 11.1. The zero-order chi connectivity index (χ0) is 25.4. The van der Waals surface area contributed by atoms with Crippen LogP contribution in [0.3, 0.4) is 0 Å². The van der Waals surface area contributed by atoms with Crippen molar-refractivity contribution in [3.63, 3.8) is 0 Å². The summed E-state index contributed by atoms with van der Waals surface area (Å²) in [6.07, 6.45) is 4.62. The molecule has 3 aromatic carbocycles. The number of nitriles is 1. The van der Waals surface area contributed by atoms with Crippen molar-refractivity contribution in [2.24, 2.45) is 0 Å². The minimum atomic E-state index is -3.42. The highest BCUT2D eigenvalue weighted by atomic mass is 35.5. The molecular formula is C26H21ClN4O4S. The lowest BCUT2D eigenvalue weighted by molar-refractivity contribution is 0.302. The molecule has 0 aliphatic heterocycles. The molecule has 36 heavy (non-hydrogen) atoms. The largest absolute Gasteiger partial charge is 0.487 e. The van der Waals surface area contributed by atoms with Gasteiger partial charge < -0.3 is 9.47 Å². The SMILES string of the molecule is CN(c1cnc2cc(-c3ccc(Oc4cc(Cl)c(OC5CC5)c(C#N)c4)cc3)ccc2n1)S(C)(=O)=O. The smallest absolute Gasteiger partial charge is 0.233 e. The van der Waals surface area contributed by atoms with Gasteiger partial charge in [0.15, 0.2) is 11.6 Å². The topological polar surface area (TPSA) is 105 Å². The Labute approximate surface area is 213 Å². The van der Waals surface area contributed by atoms with E-state index in [2.05, 4.69) is 16.0 Å². The van der Waals surface area contributed by atoms with Gasteiger partial charge in [-0.2, -0.15) is 5.26 Å². The number of aromatic nitrogens is 2. The Morgan fingerprint density at radius 1 is 1.03 bits per heavy atom. The van der Waals surface area contributed by atoms with Crippen LogP contribution in [0.4, 0.5) is 5.82 Å². The van der Waals surface area contributed by atoms with Crippen molar-refractivity contribution in [1.29, 1.82) is 5.26 Å². The molecule has 0 atom stereocenters. The molecule has 5 rings (SSSR count). The molecule has 0 amide bonds. The van der Waals surface area contributed by atoms with E-state index in [1.54, 1.807) is 18.2 Å². The normalized spacial score (nSPS) is 13.3. The summed E-state index contributed by atoms with van der Waals surface area (Å²) in [4.78, 5) is 8.79. The van der Waals surface area contributed by atoms with Crippen LogP contribution in [0.5, 0.6) is 17.2 Å². The number of anilines is 1. The van der Waals surface area contributed by atoms with Crippen LogP contribution in [0.15, 0.2) is 60.8 Å². The van der Waals surface area contributed by atoms with Crippen molar-refractivity contribution in [3.8, 4) is 34.4 Å². The molecule has 0 saturated heterocycles. The fourth-order valence-corrected chi connectivity index (χ4v) is 4.22. The molecular weight excluding hydrogens is 500 g/mol. The van der Waals surface area contributed by atoms with Crippen LogP contribution in [0.2, 0.25) is 5.02 Å². The summed E-state index contributed by atoms with van der Waals surface area (Å²) < 4.78 is 36.3. The standard InChI is InChI=1S/C26H21ClN4O4S/c1-31(36(2,32)33)25-15-29-24-12-17(5-10-23(24)30-25)16-3-6-19(7-4-16)34-21-11-18(14-28)26(22(27)13-21)35-20-8-9-20/h3-7,10-13,15,20H,8-9H2,1-2H3. The average molecular weight is 521 g/mol. The predicted molar refractivity (Wildman–Crippen MR) is 138 cm³/mol. The molecule has 182 valence electrons.